The third-order valence-corrected chi connectivity index (χ3v) is 10.5. The van der Waals surface area contributed by atoms with Crippen LogP contribution in [-0.4, -0.2) is 49.3 Å². The van der Waals surface area contributed by atoms with Crippen molar-refractivity contribution in [3.8, 4) is 0 Å². The highest BCUT2D eigenvalue weighted by Crippen LogP contribution is 2.43. The maximum absolute atomic E-state index is 12.6. The lowest BCUT2D eigenvalue weighted by Gasteiger charge is -2.19. The highest BCUT2D eigenvalue weighted by Gasteiger charge is 2.26. The fraction of sp³-hybridized carbons (Fsp3) is 0.593. The summed E-state index contributed by atoms with van der Waals surface area (Å²) in [6, 6.07) is 0. The highest BCUT2D eigenvalue weighted by molar-refractivity contribution is 7.47. The molecule has 0 spiro atoms. The van der Waals surface area contributed by atoms with E-state index in [2.05, 4.69) is 135 Å². The van der Waals surface area contributed by atoms with Crippen molar-refractivity contribution in [1.29, 1.82) is 0 Å². The van der Waals surface area contributed by atoms with Crippen LogP contribution < -0.4 is 5.73 Å². The number of hydrogen-bond donors (Lipinski definition) is 2. The summed E-state index contributed by atoms with van der Waals surface area (Å²) in [5.74, 6) is -0.876. The van der Waals surface area contributed by atoms with E-state index in [1.54, 1.807) is 0 Å². The van der Waals surface area contributed by atoms with Gasteiger partial charge in [-0.15, -0.1) is 0 Å². The Morgan fingerprint density at radius 1 is 0.484 bits per heavy atom. The van der Waals surface area contributed by atoms with Gasteiger partial charge in [0.15, 0.2) is 6.10 Å². The number of carbonyl (C=O) groups excluding carboxylic acids is 2. The Labute approximate surface area is 390 Å². The molecule has 0 bridgehead atoms. The second-order valence-electron chi connectivity index (χ2n) is 15.6. The van der Waals surface area contributed by atoms with Crippen LogP contribution in [0.4, 0.5) is 0 Å². The number of unbranched alkanes of at least 4 members (excludes halogenated alkanes) is 11. The van der Waals surface area contributed by atoms with Crippen molar-refractivity contribution in [3.05, 3.63) is 122 Å². The van der Waals surface area contributed by atoms with E-state index in [0.717, 1.165) is 128 Å². The zero-order valence-electron chi connectivity index (χ0n) is 40.0. The topological polar surface area (TPSA) is 134 Å². The molecule has 0 aromatic rings. The molecule has 3 N–H and O–H groups in total. The Hall–Kier alpha value is -3.59. The van der Waals surface area contributed by atoms with Gasteiger partial charge in [-0.2, -0.15) is 0 Å². The lowest BCUT2D eigenvalue weighted by Crippen LogP contribution is -2.29. The van der Waals surface area contributed by atoms with E-state index in [-0.39, 0.29) is 32.6 Å². The molecule has 0 heterocycles. The quantitative estimate of drug-likeness (QED) is 0.0265. The summed E-state index contributed by atoms with van der Waals surface area (Å²) in [4.78, 5) is 34.9. The molecule has 2 atom stereocenters. The normalized spacial score (nSPS) is 14.2. The number of phosphoric acid groups is 1. The van der Waals surface area contributed by atoms with Crippen LogP contribution >= 0.6 is 7.82 Å². The molecular weight excluding hydrogens is 822 g/mol. The van der Waals surface area contributed by atoms with Gasteiger partial charge in [0, 0.05) is 19.4 Å². The first-order valence-corrected chi connectivity index (χ1v) is 26.0. The van der Waals surface area contributed by atoms with Gasteiger partial charge in [0.25, 0.3) is 0 Å². The second kappa shape index (κ2) is 48.9. The molecule has 0 amide bonds. The first-order chi connectivity index (χ1) is 31.3. The molecule has 0 aliphatic heterocycles. The Morgan fingerprint density at radius 3 is 1.30 bits per heavy atom. The molecule has 0 radical (unpaired) electrons. The Bertz CT molecular complexity index is 1450. The van der Waals surface area contributed by atoms with Crippen molar-refractivity contribution in [1.82, 2.24) is 0 Å². The molecule has 64 heavy (non-hydrogen) atoms. The number of hydrogen-bond acceptors (Lipinski definition) is 8. The second-order valence-corrected chi connectivity index (χ2v) is 17.0. The van der Waals surface area contributed by atoms with Crippen molar-refractivity contribution in [2.75, 3.05) is 26.4 Å². The predicted octanol–water partition coefficient (Wildman–Crippen LogP) is 14.9. The maximum atomic E-state index is 12.6. The lowest BCUT2D eigenvalue weighted by atomic mass is 10.1. The molecule has 0 aliphatic rings. The van der Waals surface area contributed by atoms with E-state index >= 15 is 0 Å². The van der Waals surface area contributed by atoms with Crippen LogP contribution in [0.2, 0.25) is 0 Å². The molecule has 0 saturated heterocycles. The predicted molar refractivity (Wildman–Crippen MR) is 270 cm³/mol. The number of allylic oxidation sites excluding steroid dienone is 20. The Balaban J connectivity index is 4.08. The van der Waals surface area contributed by atoms with Gasteiger partial charge in [-0.3, -0.25) is 18.6 Å². The van der Waals surface area contributed by atoms with E-state index in [4.69, 9.17) is 24.3 Å². The molecule has 0 saturated carbocycles. The minimum atomic E-state index is -4.39. The fourth-order valence-corrected chi connectivity index (χ4v) is 6.75. The summed E-state index contributed by atoms with van der Waals surface area (Å²) in [6.07, 6.45) is 66.8. The average molecular weight is 910 g/mol. The molecule has 0 fully saturated rings. The van der Waals surface area contributed by atoms with E-state index in [9.17, 15) is 19.0 Å². The molecule has 0 aromatic heterocycles. The first-order valence-electron chi connectivity index (χ1n) is 24.5. The van der Waals surface area contributed by atoms with E-state index in [0.29, 0.717) is 12.8 Å². The number of nitrogens with two attached hydrogens (primary N) is 1. The van der Waals surface area contributed by atoms with Crippen molar-refractivity contribution in [3.63, 3.8) is 0 Å². The number of carbonyl (C=O) groups is 2. The summed E-state index contributed by atoms with van der Waals surface area (Å²) in [5, 5.41) is 0. The monoisotopic (exact) mass is 910 g/mol. The largest absolute Gasteiger partial charge is 0.472 e. The van der Waals surface area contributed by atoms with Crippen LogP contribution in [-0.2, 0) is 32.7 Å². The molecule has 0 aliphatic carbocycles. The van der Waals surface area contributed by atoms with Gasteiger partial charge in [0.1, 0.15) is 6.61 Å². The molecule has 2 unspecified atom stereocenters. The number of esters is 2. The molecular formula is C54H88NO8P. The standard InChI is InChI=1S/C54H88NO8P/c1-3-5-7-9-11-13-15-16-17-18-19-20-21-22-23-24-25-26-27-28-29-30-31-32-33-34-35-36-37-39-41-43-45-47-54(57)63-52(51-62-64(58,59)61-49-48-55)50-60-53(56)46-44-42-40-38-14-12-10-8-6-4-2/h5,7-8,10-11,13,16-17,19-20,22-23,25-26,28-29,31-32,34-35,52H,3-4,6,9,12,14-15,18,21,24,27,30,33,36-51,55H2,1-2H3,(H,58,59)/b7-5-,10-8-,13-11-,17-16-,20-19-,23-22-,26-25-,29-28-,32-31-,35-34-. The van der Waals surface area contributed by atoms with Crippen molar-refractivity contribution in [2.45, 2.75) is 180 Å². The zero-order valence-corrected chi connectivity index (χ0v) is 40.9. The van der Waals surface area contributed by atoms with Gasteiger partial charge in [-0.05, 0) is 103 Å². The molecule has 9 nitrogen and oxygen atoms in total. The van der Waals surface area contributed by atoms with E-state index in [1.807, 2.05) is 0 Å². The van der Waals surface area contributed by atoms with Gasteiger partial charge in [-0.1, -0.05) is 180 Å². The van der Waals surface area contributed by atoms with Crippen LogP contribution in [0, 0.1) is 0 Å². The van der Waals surface area contributed by atoms with E-state index < -0.39 is 32.5 Å². The SMILES string of the molecule is CC/C=C\C/C=C\C/C=C\C/C=C\C/C=C\C/C=C\C/C=C\C/C=C\C/C=C\CCCCCCCC(=O)OC(COC(=O)CCCCCCC/C=C\CCC)COP(=O)(O)OCCN. The van der Waals surface area contributed by atoms with Gasteiger partial charge < -0.3 is 20.1 Å². The molecule has 0 rings (SSSR count). The van der Waals surface area contributed by atoms with Crippen molar-refractivity contribution < 1.29 is 37.6 Å². The number of ether oxygens (including phenoxy) is 2. The van der Waals surface area contributed by atoms with Crippen molar-refractivity contribution >= 4 is 19.8 Å². The van der Waals surface area contributed by atoms with Gasteiger partial charge in [0.2, 0.25) is 0 Å². The van der Waals surface area contributed by atoms with Crippen LogP contribution in [0.25, 0.3) is 0 Å². The summed E-state index contributed by atoms with van der Waals surface area (Å²) >= 11 is 0. The molecule has 0 aromatic carbocycles. The minimum Gasteiger partial charge on any atom is -0.462 e. The summed E-state index contributed by atoms with van der Waals surface area (Å²) < 4.78 is 32.7. The number of rotatable bonds is 44. The van der Waals surface area contributed by atoms with Crippen LogP contribution in [0.1, 0.15) is 174 Å². The smallest absolute Gasteiger partial charge is 0.462 e. The highest BCUT2D eigenvalue weighted by atomic mass is 31.2. The third-order valence-electron chi connectivity index (χ3n) is 9.56. The van der Waals surface area contributed by atoms with Gasteiger partial charge in [-0.25, -0.2) is 4.57 Å². The summed E-state index contributed by atoms with van der Waals surface area (Å²) in [5.41, 5.74) is 5.35. The van der Waals surface area contributed by atoms with Crippen molar-refractivity contribution in [2.24, 2.45) is 5.73 Å². The third kappa shape index (κ3) is 47.9. The van der Waals surface area contributed by atoms with E-state index in [1.165, 1.54) is 6.42 Å². The summed E-state index contributed by atoms with van der Waals surface area (Å²) in [7, 11) is -4.39. The van der Waals surface area contributed by atoms with Gasteiger partial charge in [0.05, 0.1) is 13.2 Å². The zero-order chi connectivity index (χ0) is 46.7. The molecule has 10 heteroatoms. The van der Waals surface area contributed by atoms with Crippen LogP contribution in [0.3, 0.4) is 0 Å². The lowest BCUT2D eigenvalue weighted by molar-refractivity contribution is -0.161. The summed E-state index contributed by atoms with van der Waals surface area (Å²) in [6.45, 7) is 3.49. The fourth-order valence-electron chi connectivity index (χ4n) is 5.98. The first kappa shape index (κ1) is 60.4. The average Bonchev–Trinajstić information content (AvgIpc) is 3.28. The molecule has 362 valence electrons. The minimum absolute atomic E-state index is 0.0422. The van der Waals surface area contributed by atoms with Crippen LogP contribution in [0.15, 0.2) is 122 Å². The number of phosphoric ester groups is 1. The van der Waals surface area contributed by atoms with Crippen LogP contribution in [0.5, 0.6) is 0 Å². The Kier molecular flexibility index (Phi) is 46.1. The maximum Gasteiger partial charge on any atom is 0.472 e. The Morgan fingerprint density at radius 2 is 0.859 bits per heavy atom. The van der Waals surface area contributed by atoms with Gasteiger partial charge >= 0.3 is 19.8 Å².